The van der Waals surface area contributed by atoms with Gasteiger partial charge in [0, 0.05) is 26.2 Å². The number of ether oxygens (including phenoxy) is 1. The van der Waals surface area contributed by atoms with Crippen LogP contribution in [0, 0.1) is 0 Å². The topological polar surface area (TPSA) is 79.3 Å². The highest BCUT2D eigenvalue weighted by molar-refractivity contribution is 7.89. The van der Waals surface area contributed by atoms with E-state index in [2.05, 4.69) is 9.89 Å². The molecule has 0 aromatic heterocycles. The van der Waals surface area contributed by atoms with E-state index in [0.29, 0.717) is 31.9 Å². The molecule has 0 saturated carbocycles. The van der Waals surface area contributed by atoms with Gasteiger partial charge in [-0.15, -0.1) is 0 Å². The summed E-state index contributed by atoms with van der Waals surface area (Å²) >= 11 is 0. The molecule has 1 aliphatic heterocycles. The van der Waals surface area contributed by atoms with Gasteiger partial charge in [-0.25, -0.2) is 13.2 Å². The molecule has 7 nitrogen and oxygen atoms in total. The monoisotopic (exact) mass is 373 g/mol. The van der Waals surface area contributed by atoms with Gasteiger partial charge in [0.15, 0.2) is 0 Å². The zero-order chi connectivity index (χ0) is 18.6. The third-order valence-corrected chi connectivity index (χ3v) is 6.23. The van der Waals surface area contributed by atoms with Gasteiger partial charge in [0.1, 0.15) is 5.75 Å². The maximum Gasteiger partial charge on any atom is 0.243 e. The Labute approximate surface area is 152 Å². The molecule has 0 N–H and O–H groups in total. The number of isocyanates is 1. The number of aliphatic imine (C=N–C) groups is 1. The number of sulfonamides is 1. The molecule has 0 atom stereocenters. The Morgan fingerprint density at radius 3 is 2.27 bits per heavy atom. The lowest BCUT2D eigenvalue weighted by Gasteiger charge is -2.35. The standard InChI is InChI=1S/C18H19N3O4S/c1-25-18-5-3-2-4-17(18)20-10-12-21(13-11-20)26(23,24)16-8-6-15(7-9-16)19-14-22/h2-9H,10-13H2,1H3. The van der Waals surface area contributed by atoms with Gasteiger partial charge in [-0.05, 0) is 36.4 Å². The van der Waals surface area contributed by atoms with Crippen molar-refractivity contribution in [3.8, 4) is 5.75 Å². The first-order valence-corrected chi connectivity index (χ1v) is 9.56. The molecule has 0 radical (unpaired) electrons. The average Bonchev–Trinajstić information content (AvgIpc) is 2.69. The lowest BCUT2D eigenvalue weighted by molar-refractivity contribution is 0.378. The van der Waals surface area contributed by atoms with Gasteiger partial charge in [-0.3, -0.25) is 0 Å². The summed E-state index contributed by atoms with van der Waals surface area (Å²) < 4.78 is 32.4. The maximum atomic E-state index is 12.8. The summed E-state index contributed by atoms with van der Waals surface area (Å²) in [5.41, 5.74) is 1.34. The summed E-state index contributed by atoms with van der Waals surface area (Å²) in [7, 11) is -1.96. The molecular weight excluding hydrogens is 354 g/mol. The molecule has 0 unspecified atom stereocenters. The van der Waals surface area contributed by atoms with Crippen LogP contribution in [0.1, 0.15) is 0 Å². The van der Waals surface area contributed by atoms with E-state index < -0.39 is 10.0 Å². The second kappa shape index (κ2) is 7.70. The van der Waals surface area contributed by atoms with Crippen LogP contribution in [0.4, 0.5) is 11.4 Å². The second-order valence-electron chi connectivity index (χ2n) is 5.76. The Morgan fingerprint density at radius 1 is 1.00 bits per heavy atom. The molecule has 136 valence electrons. The van der Waals surface area contributed by atoms with Crippen molar-refractivity contribution in [2.75, 3.05) is 38.2 Å². The number of benzene rings is 2. The lowest BCUT2D eigenvalue weighted by atomic mass is 10.2. The third kappa shape index (κ3) is 3.62. The van der Waals surface area contributed by atoms with Gasteiger partial charge in [0.25, 0.3) is 0 Å². The molecule has 26 heavy (non-hydrogen) atoms. The fourth-order valence-corrected chi connectivity index (χ4v) is 4.38. The number of methoxy groups -OCH3 is 1. The van der Waals surface area contributed by atoms with Gasteiger partial charge < -0.3 is 9.64 Å². The summed E-state index contributed by atoms with van der Waals surface area (Å²) in [5.74, 6) is 0.773. The van der Waals surface area contributed by atoms with Crippen molar-refractivity contribution in [3.63, 3.8) is 0 Å². The first kappa shape index (κ1) is 18.1. The number of nitrogens with zero attached hydrogens (tertiary/aromatic N) is 3. The number of piperazine rings is 1. The Bertz CT molecular complexity index is 914. The van der Waals surface area contributed by atoms with E-state index in [1.807, 2.05) is 24.3 Å². The largest absolute Gasteiger partial charge is 0.495 e. The van der Waals surface area contributed by atoms with E-state index in [1.165, 1.54) is 34.7 Å². The van der Waals surface area contributed by atoms with Crippen LogP contribution < -0.4 is 9.64 Å². The van der Waals surface area contributed by atoms with Crippen molar-refractivity contribution in [2.24, 2.45) is 4.99 Å². The fourth-order valence-electron chi connectivity index (χ4n) is 2.95. The van der Waals surface area contributed by atoms with Crippen LogP contribution in [-0.2, 0) is 14.8 Å². The summed E-state index contributed by atoms with van der Waals surface area (Å²) in [6.07, 6.45) is 1.43. The van der Waals surface area contributed by atoms with Crippen LogP contribution in [0.5, 0.6) is 5.75 Å². The minimum atomic E-state index is -3.58. The molecular formula is C18H19N3O4S. The van der Waals surface area contributed by atoms with Crippen molar-refractivity contribution < 1.29 is 17.9 Å². The van der Waals surface area contributed by atoms with E-state index in [0.717, 1.165) is 11.4 Å². The van der Waals surface area contributed by atoms with E-state index in [-0.39, 0.29) is 4.90 Å². The molecule has 1 fully saturated rings. The third-order valence-electron chi connectivity index (χ3n) is 4.31. The zero-order valence-corrected chi connectivity index (χ0v) is 15.1. The number of hydrogen-bond donors (Lipinski definition) is 0. The van der Waals surface area contributed by atoms with Crippen LogP contribution in [-0.4, -0.2) is 52.1 Å². The number of para-hydroxylation sites is 2. The summed E-state index contributed by atoms with van der Waals surface area (Å²) in [6, 6.07) is 13.6. The minimum absolute atomic E-state index is 0.188. The molecule has 0 amide bonds. The Hall–Kier alpha value is -2.67. The van der Waals surface area contributed by atoms with E-state index >= 15 is 0 Å². The molecule has 3 rings (SSSR count). The normalized spacial score (nSPS) is 15.3. The van der Waals surface area contributed by atoms with Crippen LogP contribution in [0.3, 0.4) is 0 Å². The predicted molar refractivity (Wildman–Crippen MR) is 98.2 cm³/mol. The molecule has 0 bridgehead atoms. The van der Waals surface area contributed by atoms with Crippen molar-refractivity contribution in [1.29, 1.82) is 0 Å². The fraction of sp³-hybridized carbons (Fsp3) is 0.278. The lowest BCUT2D eigenvalue weighted by Crippen LogP contribution is -2.48. The van der Waals surface area contributed by atoms with Crippen molar-refractivity contribution >= 4 is 27.5 Å². The van der Waals surface area contributed by atoms with Crippen LogP contribution in [0.25, 0.3) is 0 Å². The second-order valence-corrected chi connectivity index (χ2v) is 7.70. The highest BCUT2D eigenvalue weighted by Gasteiger charge is 2.29. The van der Waals surface area contributed by atoms with Crippen LogP contribution >= 0.6 is 0 Å². The summed E-state index contributed by atoms with van der Waals surface area (Å²) in [6.45, 7) is 1.92. The number of hydrogen-bond acceptors (Lipinski definition) is 6. The van der Waals surface area contributed by atoms with E-state index in [1.54, 1.807) is 7.11 Å². The van der Waals surface area contributed by atoms with Gasteiger partial charge in [-0.1, -0.05) is 12.1 Å². The molecule has 8 heteroatoms. The smallest absolute Gasteiger partial charge is 0.243 e. The highest BCUT2D eigenvalue weighted by atomic mass is 32.2. The van der Waals surface area contributed by atoms with Crippen molar-refractivity contribution in [2.45, 2.75) is 4.90 Å². The Morgan fingerprint density at radius 2 is 1.65 bits per heavy atom. The minimum Gasteiger partial charge on any atom is -0.495 e. The molecule has 1 aliphatic rings. The van der Waals surface area contributed by atoms with Gasteiger partial charge >= 0.3 is 0 Å². The first-order valence-electron chi connectivity index (χ1n) is 8.12. The molecule has 0 aliphatic carbocycles. The summed E-state index contributed by atoms with van der Waals surface area (Å²) in [4.78, 5) is 16.0. The Kier molecular flexibility index (Phi) is 5.37. The van der Waals surface area contributed by atoms with E-state index in [9.17, 15) is 13.2 Å². The first-order chi connectivity index (χ1) is 12.6. The molecule has 2 aromatic carbocycles. The Balaban J connectivity index is 1.73. The molecule has 2 aromatic rings. The highest BCUT2D eigenvalue weighted by Crippen LogP contribution is 2.29. The molecule has 1 heterocycles. The van der Waals surface area contributed by atoms with Crippen LogP contribution in [0.2, 0.25) is 0 Å². The maximum absolute atomic E-state index is 12.8. The van der Waals surface area contributed by atoms with Crippen LogP contribution in [0.15, 0.2) is 58.4 Å². The number of carbonyl (C=O) groups excluding carboxylic acids is 1. The van der Waals surface area contributed by atoms with Gasteiger partial charge in [0.05, 0.1) is 23.4 Å². The quantitative estimate of drug-likeness (QED) is 0.593. The number of anilines is 1. The van der Waals surface area contributed by atoms with Crippen molar-refractivity contribution in [3.05, 3.63) is 48.5 Å². The predicted octanol–water partition coefficient (Wildman–Crippen LogP) is 2.17. The average molecular weight is 373 g/mol. The molecule has 1 saturated heterocycles. The molecule has 0 spiro atoms. The summed E-state index contributed by atoms with van der Waals surface area (Å²) in [5, 5.41) is 0. The van der Waals surface area contributed by atoms with Gasteiger partial charge in [-0.2, -0.15) is 9.30 Å². The SMILES string of the molecule is COc1ccccc1N1CCN(S(=O)(=O)c2ccc(N=C=O)cc2)CC1. The number of rotatable bonds is 5. The van der Waals surface area contributed by atoms with E-state index in [4.69, 9.17) is 4.74 Å². The van der Waals surface area contributed by atoms with Crippen molar-refractivity contribution in [1.82, 2.24) is 4.31 Å². The van der Waals surface area contributed by atoms with Gasteiger partial charge in [0.2, 0.25) is 16.1 Å². The zero-order valence-electron chi connectivity index (χ0n) is 14.3.